The van der Waals surface area contributed by atoms with Crippen molar-refractivity contribution >= 4 is 45.8 Å². The van der Waals surface area contributed by atoms with Crippen LogP contribution in [-0.2, 0) is 3.79 Å². The molecule has 1 aromatic carbocycles. The fraction of sp³-hybridized carbons (Fsp3) is 0.300. The number of H-pyrrole nitrogens is 1. The monoisotopic (exact) mass is 368 g/mol. The van der Waals surface area contributed by atoms with Gasteiger partial charge in [0.15, 0.2) is 17.4 Å². The molecular weight excluding hydrogens is 365 g/mol. The smallest absolute Gasteiger partial charge is 0.425 e. The summed E-state index contributed by atoms with van der Waals surface area (Å²) in [6.07, 6.45) is -8.97. The van der Waals surface area contributed by atoms with Gasteiger partial charge < -0.3 is 9.72 Å². The topological polar surface area (TPSA) is 37.9 Å². The summed E-state index contributed by atoms with van der Waals surface area (Å²) in [6.45, 7) is 0. The molecule has 0 fully saturated rings. The molecule has 1 aromatic heterocycles. The van der Waals surface area contributed by atoms with E-state index in [2.05, 4.69) is 14.7 Å². The van der Waals surface area contributed by atoms with Gasteiger partial charge in [0.25, 0.3) is 0 Å². The van der Waals surface area contributed by atoms with Crippen LogP contribution in [0.15, 0.2) is 12.1 Å². The van der Waals surface area contributed by atoms with E-state index in [0.717, 1.165) is 0 Å². The van der Waals surface area contributed by atoms with Gasteiger partial charge in [-0.2, -0.15) is 17.6 Å². The van der Waals surface area contributed by atoms with Crippen LogP contribution in [0.1, 0.15) is 5.82 Å². The normalized spacial score (nSPS) is 13.2. The number of rotatable bonds is 3. The molecule has 0 bridgehead atoms. The summed E-state index contributed by atoms with van der Waals surface area (Å²) < 4.78 is 64.9. The number of hydrogen-bond donors (Lipinski definition) is 1. The van der Waals surface area contributed by atoms with Gasteiger partial charge in [-0.15, -0.1) is 0 Å². The number of alkyl halides is 7. The second-order valence-electron chi connectivity index (χ2n) is 3.85. The molecule has 2 aromatic rings. The van der Waals surface area contributed by atoms with Crippen LogP contribution in [0.5, 0.6) is 5.75 Å². The van der Waals surface area contributed by atoms with Crippen LogP contribution in [-0.4, -0.2) is 22.5 Å². The molecule has 11 heteroatoms. The lowest BCUT2D eigenvalue weighted by atomic mass is 10.3. The number of halogens is 8. The maximum absolute atomic E-state index is 13.6. The van der Waals surface area contributed by atoms with Gasteiger partial charge in [-0.25, -0.2) is 9.37 Å². The Labute approximate surface area is 128 Å². The largest absolute Gasteiger partial charge is 0.461 e. The van der Waals surface area contributed by atoms with Crippen LogP contribution in [0, 0.1) is 5.82 Å². The minimum Gasteiger partial charge on any atom is -0.425 e. The van der Waals surface area contributed by atoms with E-state index in [1.54, 1.807) is 0 Å². The Hall–Kier alpha value is -0.990. The number of aromatic amines is 1. The Balaban J connectivity index is 2.45. The first-order valence-electron chi connectivity index (χ1n) is 5.12. The Morgan fingerprint density at radius 2 is 1.81 bits per heavy atom. The van der Waals surface area contributed by atoms with Crippen LogP contribution in [0.2, 0.25) is 0 Å². The zero-order valence-electron chi connectivity index (χ0n) is 9.61. The molecule has 116 valence electrons. The molecule has 3 nitrogen and oxygen atoms in total. The molecule has 0 unspecified atom stereocenters. The zero-order valence-corrected chi connectivity index (χ0v) is 11.9. The van der Waals surface area contributed by atoms with E-state index in [1.165, 1.54) is 0 Å². The van der Waals surface area contributed by atoms with E-state index in [4.69, 9.17) is 34.8 Å². The molecule has 0 aliphatic rings. The molecule has 21 heavy (non-hydrogen) atoms. The molecule has 1 N–H and O–H groups in total. The highest BCUT2D eigenvalue weighted by molar-refractivity contribution is 6.66. The van der Waals surface area contributed by atoms with E-state index < -0.39 is 27.9 Å². The molecule has 0 amide bonds. The van der Waals surface area contributed by atoms with Gasteiger partial charge in [-0.1, -0.05) is 34.8 Å². The molecule has 2 rings (SSSR count). The predicted molar refractivity (Wildman–Crippen MR) is 66.9 cm³/mol. The van der Waals surface area contributed by atoms with Gasteiger partial charge in [-0.05, 0) is 0 Å². The SMILES string of the molecule is Fc1cc2[nH]c(C(Cl)(Cl)Cl)nc2cc1OC(F)(F)C(F)F. The van der Waals surface area contributed by atoms with Crippen LogP contribution < -0.4 is 4.74 Å². The van der Waals surface area contributed by atoms with Crippen LogP contribution >= 0.6 is 34.8 Å². The molecule has 0 aliphatic heterocycles. The zero-order chi connectivity index (χ0) is 16.0. The lowest BCUT2D eigenvalue weighted by molar-refractivity contribution is -0.254. The van der Waals surface area contributed by atoms with E-state index in [-0.39, 0.29) is 16.9 Å². The number of benzene rings is 1. The van der Waals surface area contributed by atoms with Crippen molar-refractivity contribution in [2.45, 2.75) is 16.3 Å². The minimum atomic E-state index is -4.84. The lowest BCUT2D eigenvalue weighted by Gasteiger charge is -2.16. The predicted octanol–water partition coefficient (Wildman–Crippen LogP) is 4.77. The fourth-order valence-corrected chi connectivity index (χ4v) is 1.68. The average Bonchev–Trinajstić information content (AvgIpc) is 2.71. The minimum absolute atomic E-state index is 0.0153. The highest BCUT2D eigenvalue weighted by Crippen LogP contribution is 2.38. The van der Waals surface area contributed by atoms with Crippen molar-refractivity contribution in [1.82, 2.24) is 9.97 Å². The van der Waals surface area contributed by atoms with Crippen molar-refractivity contribution < 1.29 is 26.7 Å². The lowest BCUT2D eigenvalue weighted by Crippen LogP contribution is -2.33. The molecule has 0 atom stereocenters. The van der Waals surface area contributed by atoms with Gasteiger partial charge in [0.1, 0.15) is 0 Å². The maximum Gasteiger partial charge on any atom is 0.461 e. The third-order valence-corrected chi connectivity index (χ3v) is 2.84. The first-order valence-corrected chi connectivity index (χ1v) is 6.25. The Morgan fingerprint density at radius 1 is 1.19 bits per heavy atom. The van der Waals surface area contributed by atoms with Crippen molar-refractivity contribution in [2.24, 2.45) is 0 Å². The van der Waals surface area contributed by atoms with E-state index in [9.17, 15) is 22.0 Å². The fourth-order valence-electron chi connectivity index (χ4n) is 1.41. The van der Waals surface area contributed by atoms with Crippen molar-refractivity contribution in [3.63, 3.8) is 0 Å². The summed E-state index contributed by atoms with van der Waals surface area (Å²) in [4.78, 5) is 6.18. The average molecular weight is 370 g/mol. The van der Waals surface area contributed by atoms with Crippen LogP contribution in [0.25, 0.3) is 11.0 Å². The van der Waals surface area contributed by atoms with Gasteiger partial charge >= 0.3 is 12.5 Å². The van der Waals surface area contributed by atoms with Crippen molar-refractivity contribution in [2.75, 3.05) is 0 Å². The van der Waals surface area contributed by atoms with Gasteiger partial charge in [0, 0.05) is 12.1 Å². The summed E-state index contributed by atoms with van der Waals surface area (Å²) in [5.41, 5.74) is -0.0840. The van der Waals surface area contributed by atoms with Gasteiger partial charge in [-0.3, -0.25) is 0 Å². The number of nitrogens with one attached hydrogen (secondary N) is 1. The molecular formula is C10H4Cl3F5N2O. The molecule has 0 radical (unpaired) electrons. The number of fused-ring (bicyclic) bond motifs is 1. The summed E-state index contributed by atoms with van der Waals surface area (Å²) in [5, 5.41) is 0. The number of hydrogen-bond acceptors (Lipinski definition) is 2. The Morgan fingerprint density at radius 3 is 2.33 bits per heavy atom. The highest BCUT2D eigenvalue weighted by atomic mass is 35.6. The maximum atomic E-state index is 13.6. The van der Waals surface area contributed by atoms with E-state index in [1.807, 2.05) is 0 Å². The number of aromatic nitrogens is 2. The summed E-state index contributed by atoms with van der Waals surface area (Å²) >= 11 is 16.7. The molecule has 0 saturated carbocycles. The van der Waals surface area contributed by atoms with Crippen LogP contribution in [0.4, 0.5) is 22.0 Å². The van der Waals surface area contributed by atoms with Crippen LogP contribution in [0.3, 0.4) is 0 Å². The molecule has 0 saturated heterocycles. The number of nitrogens with zero attached hydrogens (tertiary/aromatic N) is 1. The first kappa shape index (κ1) is 16.4. The quantitative estimate of drug-likeness (QED) is 0.625. The highest BCUT2D eigenvalue weighted by Gasteiger charge is 2.44. The summed E-state index contributed by atoms with van der Waals surface area (Å²) in [7, 11) is 0. The van der Waals surface area contributed by atoms with Gasteiger partial charge in [0.2, 0.25) is 3.79 Å². The van der Waals surface area contributed by atoms with E-state index in [0.29, 0.717) is 12.1 Å². The molecule has 0 aliphatic carbocycles. The summed E-state index contributed by atoms with van der Waals surface area (Å²) in [6, 6.07) is 1.40. The summed E-state index contributed by atoms with van der Waals surface area (Å²) in [5.74, 6) is -2.60. The van der Waals surface area contributed by atoms with Crippen molar-refractivity contribution in [3.8, 4) is 5.75 Å². The Bertz CT molecular complexity index is 670. The first-order chi connectivity index (χ1) is 9.50. The second kappa shape index (κ2) is 5.33. The molecule has 0 spiro atoms. The van der Waals surface area contributed by atoms with Crippen molar-refractivity contribution in [3.05, 3.63) is 23.8 Å². The standard InChI is InChI=1S/C10H4Cl3F5N2O/c11-9(12,13)8-19-4-1-3(14)6(2-5(4)20-8)21-10(17,18)7(15)16/h1-2,7H,(H,19,20). The Kier molecular flexibility index (Phi) is 4.16. The van der Waals surface area contributed by atoms with E-state index >= 15 is 0 Å². The third kappa shape index (κ3) is 3.44. The van der Waals surface area contributed by atoms with Crippen molar-refractivity contribution in [1.29, 1.82) is 0 Å². The number of ether oxygens (including phenoxy) is 1. The molecule has 1 heterocycles. The van der Waals surface area contributed by atoms with Gasteiger partial charge in [0.05, 0.1) is 11.0 Å². The second-order valence-corrected chi connectivity index (χ2v) is 6.13. The third-order valence-electron chi connectivity index (χ3n) is 2.30. The number of imidazole rings is 1.